The molecule has 1 heterocycles. The molecule has 1 aromatic heterocycles. The summed E-state index contributed by atoms with van der Waals surface area (Å²) in [5.74, 6) is -0.442. The lowest BCUT2D eigenvalue weighted by Crippen LogP contribution is -2.44. The molecule has 3 aliphatic carbocycles. The van der Waals surface area contributed by atoms with Gasteiger partial charge in [0.1, 0.15) is 10.7 Å². The quantitative estimate of drug-likeness (QED) is 0.277. The van der Waals surface area contributed by atoms with Gasteiger partial charge in [0.15, 0.2) is 5.78 Å². The van der Waals surface area contributed by atoms with Crippen LogP contribution < -0.4 is 10.6 Å². The predicted octanol–water partition coefficient (Wildman–Crippen LogP) is 3.03. The Balaban J connectivity index is 1.34. The number of carbonyl (C=O) groups excluding carboxylic acids is 3. The van der Waals surface area contributed by atoms with E-state index in [2.05, 4.69) is 46.5 Å². The topological polar surface area (TPSA) is 91.4 Å². The van der Waals surface area contributed by atoms with Gasteiger partial charge in [0, 0.05) is 18.8 Å². The Morgan fingerprint density at radius 1 is 1.06 bits per heavy atom. The number of aromatic nitrogens is 1. The first kappa shape index (κ1) is 24.1. The Bertz CT molecular complexity index is 919. The lowest BCUT2D eigenvalue weighted by atomic mass is 9.81. The van der Waals surface area contributed by atoms with Crippen molar-refractivity contribution in [1.29, 1.82) is 0 Å². The normalized spacial score (nSPS) is 26.2. The Hall–Kier alpha value is -2.06. The predicted molar refractivity (Wildman–Crippen MR) is 129 cm³/mol. The third-order valence-electron chi connectivity index (χ3n) is 7.87. The zero-order valence-electron chi connectivity index (χ0n) is 19.9. The number of nitrogens with zero attached hydrogens (tertiary/aromatic N) is 2. The van der Waals surface area contributed by atoms with Crippen molar-refractivity contribution in [3.8, 4) is 0 Å². The highest BCUT2D eigenvalue weighted by atomic mass is 32.1. The van der Waals surface area contributed by atoms with Crippen molar-refractivity contribution in [2.24, 2.45) is 29.1 Å². The van der Waals surface area contributed by atoms with Gasteiger partial charge in [0.25, 0.3) is 0 Å². The highest BCUT2D eigenvalue weighted by Crippen LogP contribution is 2.72. The molecular formula is C25H36N4O3S. The van der Waals surface area contributed by atoms with Crippen LogP contribution in [0.4, 0.5) is 0 Å². The van der Waals surface area contributed by atoms with E-state index in [1.165, 1.54) is 18.3 Å². The maximum atomic E-state index is 13.3. The van der Waals surface area contributed by atoms with Crippen LogP contribution in [0.2, 0.25) is 0 Å². The molecule has 2 N–H and O–H groups in total. The Kier molecular flexibility index (Phi) is 7.34. The van der Waals surface area contributed by atoms with Crippen LogP contribution in [0.3, 0.4) is 0 Å². The number of rotatable bonds is 12. The van der Waals surface area contributed by atoms with Crippen LogP contribution in [0.15, 0.2) is 17.5 Å². The van der Waals surface area contributed by atoms with Crippen LogP contribution in [0.1, 0.15) is 62.0 Å². The molecule has 1 spiro atoms. The van der Waals surface area contributed by atoms with Crippen molar-refractivity contribution in [3.05, 3.63) is 28.2 Å². The highest BCUT2D eigenvalue weighted by Gasteiger charge is 2.69. The summed E-state index contributed by atoms with van der Waals surface area (Å²) in [4.78, 5) is 44.7. The molecule has 2 saturated carbocycles. The lowest BCUT2D eigenvalue weighted by Gasteiger charge is -2.26. The van der Waals surface area contributed by atoms with Crippen LogP contribution in [0, 0.1) is 29.1 Å². The fourth-order valence-corrected chi connectivity index (χ4v) is 6.65. The van der Waals surface area contributed by atoms with E-state index in [4.69, 9.17) is 0 Å². The molecule has 33 heavy (non-hydrogen) atoms. The molecule has 2 amide bonds. The number of unbranched alkanes of at least 4 members (excludes halogenated alkanes) is 1. The van der Waals surface area contributed by atoms with Gasteiger partial charge in [-0.25, -0.2) is 4.98 Å². The molecule has 4 atom stereocenters. The van der Waals surface area contributed by atoms with E-state index in [-0.39, 0.29) is 46.7 Å². The van der Waals surface area contributed by atoms with Gasteiger partial charge in [-0.05, 0) is 62.6 Å². The van der Waals surface area contributed by atoms with Gasteiger partial charge in [-0.2, -0.15) is 0 Å². The Labute approximate surface area is 200 Å². The minimum absolute atomic E-state index is 0.0224. The van der Waals surface area contributed by atoms with Crippen LogP contribution >= 0.6 is 11.3 Å². The first-order valence-electron chi connectivity index (χ1n) is 12.3. The monoisotopic (exact) mass is 472 g/mol. The molecule has 0 radical (unpaired) electrons. The number of allylic oxidation sites excluding steroid dienone is 2. The summed E-state index contributed by atoms with van der Waals surface area (Å²) >= 11 is 1.37. The third kappa shape index (κ3) is 4.78. The minimum Gasteiger partial charge on any atom is -0.356 e. The molecule has 3 aliphatic rings. The maximum Gasteiger partial charge on any atom is 0.224 e. The molecule has 7 nitrogen and oxygen atoms in total. The van der Waals surface area contributed by atoms with Crippen molar-refractivity contribution in [3.63, 3.8) is 0 Å². The first-order valence-corrected chi connectivity index (χ1v) is 13.2. The third-order valence-corrected chi connectivity index (χ3v) is 8.72. The Morgan fingerprint density at radius 3 is 2.24 bits per heavy atom. The number of ketones is 1. The number of nitrogens with one attached hydrogen (secondary N) is 2. The summed E-state index contributed by atoms with van der Waals surface area (Å²) in [5, 5.41) is 8.58. The van der Waals surface area contributed by atoms with Gasteiger partial charge >= 0.3 is 0 Å². The van der Waals surface area contributed by atoms with Gasteiger partial charge in [-0.1, -0.05) is 26.0 Å². The summed E-state index contributed by atoms with van der Waals surface area (Å²) in [6.45, 7) is 9.93. The van der Waals surface area contributed by atoms with Crippen molar-refractivity contribution in [1.82, 2.24) is 20.5 Å². The molecule has 2 fully saturated rings. The molecule has 8 heteroatoms. The molecule has 2 bridgehead atoms. The van der Waals surface area contributed by atoms with Crippen molar-refractivity contribution in [2.75, 3.05) is 26.2 Å². The van der Waals surface area contributed by atoms with Gasteiger partial charge in [0.05, 0.1) is 18.4 Å². The van der Waals surface area contributed by atoms with Crippen LogP contribution in [-0.4, -0.2) is 53.7 Å². The molecule has 180 valence electrons. The number of carbonyl (C=O) groups is 3. The fraction of sp³-hybridized carbons (Fsp3) is 0.680. The van der Waals surface area contributed by atoms with Crippen LogP contribution in [0.5, 0.6) is 0 Å². The Morgan fingerprint density at radius 2 is 1.70 bits per heavy atom. The summed E-state index contributed by atoms with van der Waals surface area (Å²) in [6.07, 6.45) is 8.56. The standard InChI is InChI=1S/C25H36N4O3S/c1-4-29(5-2)13-7-6-12-26-23(31)21-17-8-9-18(25(17)10-11-25)22(21)24(32)27-14-20-28-19(15-33-20)16(3)30/h8-9,15,17-18,21-22H,4-7,10-14H2,1-3H3,(H,26,31)(H,27,32)/t17-,18+,21-,22-/m1/s1. The van der Waals surface area contributed by atoms with E-state index >= 15 is 0 Å². The van der Waals surface area contributed by atoms with Gasteiger partial charge in [-0.15, -0.1) is 11.3 Å². The van der Waals surface area contributed by atoms with Crippen molar-refractivity contribution in [2.45, 2.75) is 53.0 Å². The molecule has 4 rings (SSSR count). The number of thiazole rings is 1. The largest absolute Gasteiger partial charge is 0.356 e. The van der Waals surface area contributed by atoms with Gasteiger partial charge < -0.3 is 15.5 Å². The smallest absolute Gasteiger partial charge is 0.224 e. The summed E-state index contributed by atoms with van der Waals surface area (Å²) in [7, 11) is 0. The summed E-state index contributed by atoms with van der Waals surface area (Å²) < 4.78 is 0. The number of hydrogen-bond donors (Lipinski definition) is 2. The first-order chi connectivity index (χ1) is 15.9. The van der Waals surface area contributed by atoms with E-state index in [9.17, 15) is 14.4 Å². The van der Waals surface area contributed by atoms with E-state index < -0.39 is 0 Å². The number of amides is 2. The number of hydrogen-bond acceptors (Lipinski definition) is 6. The van der Waals surface area contributed by atoms with Crippen molar-refractivity contribution < 1.29 is 14.4 Å². The fourth-order valence-electron chi connectivity index (χ4n) is 5.87. The zero-order valence-corrected chi connectivity index (χ0v) is 20.7. The minimum atomic E-state index is -0.328. The second-order valence-corrected chi connectivity index (χ2v) is 10.6. The van der Waals surface area contributed by atoms with Crippen LogP contribution in [0.25, 0.3) is 0 Å². The SMILES string of the molecule is CCN(CC)CCCCNC(=O)[C@H]1[C@H](C(=O)NCc2nc(C(C)=O)cs2)[C@@H]2C=C[C@H]1C21CC1. The van der Waals surface area contributed by atoms with Crippen molar-refractivity contribution >= 4 is 28.9 Å². The van der Waals surface area contributed by atoms with Gasteiger partial charge in [0.2, 0.25) is 11.8 Å². The second-order valence-electron chi connectivity index (χ2n) is 9.65. The number of Topliss-reactive ketones (excluding diaryl/α,β-unsaturated/α-hetero) is 1. The average molecular weight is 473 g/mol. The molecular weight excluding hydrogens is 436 g/mol. The van der Waals surface area contributed by atoms with E-state index in [0.717, 1.165) is 45.3 Å². The average Bonchev–Trinajstić information content (AvgIpc) is 3.21. The van der Waals surface area contributed by atoms with E-state index in [1.54, 1.807) is 5.38 Å². The molecule has 1 aromatic rings. The molecule has 0 saturated heterocycles. The second kappa shape index (κ2) is 10.1. The lowest BCUT2D eigenvalue weighted by molar-refractivity contribution is -0.135. The highest BCUT2D eigenvalue weighted by molar-refractivity contribution is 7.09. The summed E-state index contributed by atoms with van der Waals surface area (Å²) in [5.41, 5.74) is 0.553. The van der Waals surface area contributed by atoms with E-state index in [0.29, 0.717) is 23.8 Å². The van der Waals surface area contributed by atoms with Gasteiger partial charge in [-0.3, -0.25) is 14.4 Å². The zero-order chi connectivity index (χ0) is 23.6. The summed E-state index contributed by atoms with van der Waals surface area (Å²) in [6, 6.07) is 0. The molecule has 0 aromatic carbocycles. The van der Waals surface area contributed by atoms with Crippen LogP contribution in [-0.2, 0) is 16.1 Å². The molecule has 0 aliphatic heterocycles. The molecule has 0 unspecified atom stereocenters. The maximum absolute atomic E-state index is 13.3. The van der Waals surface area contributed by atoms with E-state index in [1.807, 2.05) is 0 Å².